The molecular formula is C25H27F3N2O2. The van der Waals surface area contributed by atoms with Crippen LogP contribution in [0.4, 0.5) is 13.2 Å². The first-order valence-electron chi connectivity index (χ1n) is 10.1. The van der Waals surface area contributed by atoms with Crippen LogP contribution in [0.15, 0.2) is 83.6 Å². The largest absolute Gasteiger partial charge is 0.457 e. The van der Waals surface area contributed by atoms with Crippen LogP contribution in [-0.2, 0) is 17.5 Å². The number of halogens is 3. The van der Waals surface area contributed by atoms with Gasteiger partial charge in [0.05, 0.1) is 11.1 Å². The standard InChI is InChI=1S/C25H27F3N2O2/c1-4-17(2)6-5-7-23(18(3)29)24(31)30-16-19-8-12-21(13-9-19)32-22-14-10-20(11-15-22)25(26,27)28/h5-15H,4,16,29H2,1-3H3,(H,30,31)/b7-5-,17-6?,23-18-. The maximum Gasteiger partial charge on any atom is 0.416 e. The van der Waals surface area contributed by atoms with Crippen molar-refractivity contribution in [2.75, 3.05) is 0 Å². The van der Waals surface area contributed by atoms with Crippen LogP contribution in [0.25, 0.3) is 0 Å². The quantitative estimate of drug-likeness (QED) is 0.373. The molecule has 4 nitrogen and oxygen atoms in total. The van der Waals surface area contributed by atoms with Crippen molar-refractivity contribution in [3.63, 3.8) is 0 Å². The van der Waals surface area contributed by atoms with Crippen LogP contribution < -0.4 is 15.8 Å². The normalized spacial score (nSPS) is 13.1. The van der Waals surface area contributed by atoms with Crippen LogP contribution in [-0.4, -0.2) is 5.91 Å². The fourth-order valence-electron chi connectivity index (χ4n) is 2.61. The fraction of sp³-hybridized carbons (Fsp3) is 0.240. The van der Waals surface area contributed by atoms with Gasteiger partial charge in [0.25, 0.3) is 5.91 Å². The van der Waals surface area contributed by atoms with E-state index < -0.39 is 11.7 Å². The Labute approximate surface area is 186 Å². The molecule has 0 aliphatic rings. The SMILES string of the molecule is CCC(C)=C/C=C\C(C(=O)NCc1ccc(Oc2ccc(C(F)(F)F)cc2)cc1)=C(/C)N. The number of benzene rings is 2. The molecule has 0 aromatic heterocycles. The molecule has 170 valence electrons. The molecule has 0 unspecified atom stereocenters. The zero-order valence-electron chi connectivity index (χ0n) is 18.3. The number of hydrogen-bond donors (Lipinski definition) is 2. The second kappa shape index (κ2) is 11.2. The number of nitrogens with one attached hydrogen (secondary N) is 1. The molecule has 0 bridgehead atoms. The lowest BCUT2D eigenvalue weighted by atomic mass is 10.1. The number of amides is 1. The molecule has 0 aliphatic carbocycles. The van der Waals surface area contributed by atoms with Gasteiger partial charge in [-0.3, -0.25) is 4.79 Å². The molecule has 3 N–H and O–H groups in total. The van der Waals surface area contributed by atoms with Gasteiger partial charge in [0.1, 0.15) is 11.5 Å². The molecule has 0 radical (unpaired) electrons. The van der Waals surface area contributed by atoms with E-state index in [0.717, 1.165) is 24.1 Å². The first kappa shape index (κ1) is 24.8. The molecule has 0 fully saturated rings. The van der Waals surface area contributed by atoms with Crippen molar-refractivity contribution >= 4 is 5.91 Å². The third kappa shape index (κ3) is 7.65. The van der Waals surface area contributed by atoms with Crippen LogP contribution >= 0.6 is 0 Å². The highest BCUT2D eigenvalue weighted by Gasteiger charge is 2.30. The summed E-state index contributed by atoms with van der Waals surface area (Å²) in [6.07, 6.45) is 1.97. The summed E-state index contributed by atoms with van der Waals surface area (Å²) in [5, 5.41) is 2.83. The molecule has 0 saturated heterocycles. The Balaban J connectivity index is 1.96. The molecule has 2 aromatic rings. The summed E-state index contributed by atoms with van der Waals surface area (Å²) in [4.78, 5) is 12.5. The van der Waals surface area contributed by atoms with Crippen molar-refractivity contribution < 1.29 is 22.7 Å². The van der Waals surface area contributed by atoms with E-state index in [4.69, 9.17) is 10.5 Å². The third-order valence-electron chi connectivity index (χ3n) is 4.66. The Bertz CT molecular complexity index is 999. The van der Waals surface area contributed by atoms with Crippen molar-refractivity contribution in [3.05, 3.63) is 94.7 Å². The van der Waals surface area contributed by atoms with Gasteiger partial charge in [-0.15, -0.1) is 0 Å². The van der Waals surface area contributed by atoms with Crippen LogP contribution in [0.3, 0.4) is 0 Å². The highest BCUT2D eigenvalue weighted by molar-refractivity contribution is 5.96. The van der Waals surface area contributed by atoms with Gasteiger partial charge in [-0.05, 0) is 68.3 Å². The minimum atomic E-state index is -4.39. The van der Waals surface area contributed by atoms with Gasteiger partial charge in [0, 0.05) is 12.2 Å². The Hall–Kier alpha value is -3.48. The highest BCUT2D eigenvalue weighted by atomic mass is 19.4. The summed E-state index contributed by atoms with van der Waals surface area (Å²) >= 11 is 0. The second-order valence-electron chi connectivity index (χ2n) is 7.27. The molecule has 0 atom stereocenters. The number of rotatable bonds is 8. The van der Waals surface area contributed by atoms with Gasteiger partial charge in [0.2, 0.25) is 0 Å². The third-order valence-corrected chi connectivity index (χ3v) is 4.66. The molecular weight excluding hydrogens is 417 g/mol. The summed E-state index contributed by atoms with van der Waals surface area (Å²) < 4.78 is 43.5. The lowest BCUT2D eigenvalue weighted by Gasteiger charge is -2.10. The number of allylic oxidation sites excluding steroid dienone is 4. The zero-order valence-corrected chi connectivity index (χ0v) is 18.3. The molecule has 0 heterocycles. The average molecular weight is 444 g/mol. The molecule has 2 rings (SSSR count). The van der Waals surface area contributed by atoms with E-state index >= 15 is 0 Å². The average Bonchev–Trinajstić information content (AvgIpc) is 2.75. The summed E-state index contributed by atoms with van der Waals surface area (Å²) in [6, 6.07) is 11.4. The highest BCUT2D eigenvalue weighted by Crippen LogP contribution is 2.31. The molecule has 2 aromatic carbocycles. The summed E-state index contributed by atoms with van der Waals surface area (Å²) in [5.41, 5.74) is 7.95. The lowest BCUT2D eigenvalue weighted by Crippen LogP contribution is -2.25. The summed E-state index contributed by atoms with van der Waals surface area (Å²) in [5.74, 6) is 0.486. The number of ether oxygens (including phenoxy) is 1. The van der Waals surface area contributed by atoms with E-state index in [9.17, 15) is 18.0 Å². The van der Waals surface area contributed by atoms with Crippen molar-refractivity contribution in [2.24, 2.45) is 5.73 Å². The van der Waals surface area contributed by atoms with Gasteiger partial charge >= 0.3 is 6.18 Å². The molecule has 0 spiro atoms. The van der Waals surface area contributed by atoms with Gasteiger partial charge < -0.3 is 15.8 Å². The van der Waals surface area contributed by atoms with E-state index in [1.54, 1.807) is 43.3 Å². The predicted molar refractivity (Wildman–Crippen MR) is 120 cm³/mol. The van der Waals surface area contributed by atoms with Gasteiger partial charge in [-0.25, -0.2) is 0 Å². The fourth-order valence-corrected chi connectivity index (χ4v) is 2.61. The summed E-state index contributed by atoms with van der Waals surface area (Å²) in [6.45, 7) is 6.02. The number of nitrogens with two attached hydrogens (primary N) is 1. The Morgan fingerprint density at radius 1 is 1.03 bits per heavy atom. The van der Waals surface area contributed by atoms with Crippen molar-refractivity contribution in [3.8, 4) is 11.5 Å². The number of alkyl halides is 3. The monoisotopic (exact) mass is 444 g/mol. The Morgan fingerprint density at radius 2 is 1.59 bits per heavy atom. The van der Waals surface area contributed by atoms with Crippen LogP contribution in [0, 0.1) is 0 Å². The first-order chi connectivity index (χ1) is 15.1. The molecule has 7 heteroatoms. The maximum atomic E-state index is 12.6. The number of carbonyl (C=O) groups is 1. The predicted octanol–water partition coefficient (Wildman–Crippen LogP) is 6.26. The topological polar surface area (TPSA) is 64.3 Å². The minimum absolute atomic E-state index is 0.283. The van der Waals surface area contributed by atoms with Gasteiger partial charge in [-0.2, -0.15) is 13.2 Å². The zero-order chi connectivity index (χ0) is 23.7. The van der Waals surface area contributed by atoms with Crippen LogP contribution in [0.1, 0.15) is 38.3 Å². The van der Waals surface area contributed by atoms with E-state index in [-0.39, 0.29) is 12.5 Å². The molecule has 0 aliphatic heterocycles. The van der Waals surface area contributed by atoms with Gasteiger partial charge in [0.15, 0.2) is 0 Å². The summed E-state index contributed by atoms with van der Waals surface area (Å²) in [7, 11) is 0. The van der Waals surface area contributed by atoms with Crippen molar-refractivity contribution in [2.45, 2.75) is 39.9 Å². The maximum absolute atomic E-state index is 12.6. The number of hydrogen-bond acceptors (Lipinski definition) is 3. The van der Waals surface area contributed by atoms with Crippen molar-refractivity contribution in [1.82, 2.24) is 5.32 Å². The molecule has 32 heavy (non-hydrogen) atoms. The van der Waals surface area contributed by atoms with E-state index in [1.165, 1.54) is 17.7 Å². The van der Waals surface area contributed by atoms with E-state index in [2.05, 4.69) is 12.2 Å². The Kier molecular flexibility index (Phi) is 8.70. The lowest BCUT2D eigenvalue weighted by molar-refractivity contribution is -0.137. The van der Waals surface area contributed by atoms with Gasteiger partial charge in [-0.1, -0.05) is 36.8 Å². The molecule has 1 amide bonds. The van der Waals surface area contributed by atoms with Crippen molar-refractivity contribution in [1.29, 1.82) is 0 Å². The minimum Gasteiger partial charge on any atom is -0.457 e. The Morgan fingerprint density at radius 3 is 2.09 bits per heavy atom. The second-order valence-corrected chi connectivity index (χ2v) is 7.27. The first-order valence-corrected chi connectivity index (χ1v) is 10.1. The van der Waals surface area contributed by atoms with Crippen LogP contribution in [0.2, 0.25) is 0 Å². The van der Waals surface area contributed by atoms with E-state index in [1.807, 2.05) is 13.0 Å². The smallest absolute Gasteiger partial charge is 0.416 e. The number of carbonyl (C=O) groups excluding carboxylic acids is 1. The molecule has 0 saturated carbocycles. The van der Waals surface area contributed by atoms with Crippen LogP contribution in [0.5, 0.6) is 11.5 Å². The van der Waals surface area contributed by atoms with E-state index in [0.29, 0.717) is 22.8 Å².